The van der Waals surface area contributed by atoms with E-state index in [9.17, 15) is 0 Å². The summed E-state index contributed by atoms with van der Waals surface area (Å²) in [5, 5.41) is 3.52. The monoisotopic (exact) mass is 269 g/mol. The van der Waals surface area contributed by atoms with Crippen LogP contribution in [0, 0.1) is 5.92 Å². The summed E-state index contributed by atoms with van der Waals surface area (Å²) in [5.41, 5.74) is 0.340. The first-order valence-corrected chi connectivity index (χ1v) is 8.07. The van der Waals surface area contributed by atoms with E-state index in [0.29, 0.717) is 5.54 Å². The van der Waals surface area contributed by atoms with Crippen LogP contribution in [0.2, 0.25) is 0 Å². The third kappa shape index (κ3) is 7.28. The standard InChI is InChI=1S/C16H35N3/c1-15(2)14-17-8-6-7-9-18-10-12-19(13-11-18)16(3,4)5/h15,17H,6-14H2,1-5H3. The number of hydrogen-bond donors (Lipinski definition) is 1. The van der Waals surface area contributed by atoms with Gasteiger partial charge in [0.2, 0.25) is 0 Å². The van der Waals surface area contributed by atoms with Crippen LogP contribution in [0.3, 0.4) is 0 Å². The molecule has 0 atom stereocenters. The van der Waals surface area contributed by atoms with Crippen LogP contribution in [0.1, 0.15) is 47.5 Å². The van der Waals surface area contributed by atoms with E-state index in [2.05, 4.69) is 49.7 Å². The quantitative estimate of drug-likeness (QED) is 0.716. The summed E-state index contributed by atoms with van der Waals surface area (Å²) in [6.07, 6.45) is 2.65. The van der Waals surface area contributed by atoms with E-state index in [4.69, 9.17) is 0 Å². The molecule has 114 valence electrons. The van der Waals surface area contributed by atoms with Crippen molar-refractivity contribution in [1.29, 1.82) is 0 Å². The van der Waals surface area contributed by atoms with Crippen molar-refractivity contribution < 1.29 is 0 Å². The average molecular weight is 269 g/mol. The molecule has 0 spiro atoms. The summed E-state index contributed by atoms with van der Waals surface area (Å²) >= 11 is 0. The molecule has 0 unspecified atom stereocenters. The molecule has 0 aromatic heterocycles. The molecule has 1 fully saturated rings. The molecular formula is C16H35N3. The molecular weight excluding hydrogens is 234 g/mol. The van der Waals surface area contributed by atoms with Crippen molar-refractivity contribution >= 4 is 0 Å². The molecule has 0 aromatic rings. The molecule has 0 bridgehead atoms. The molecule has 1 saturated heterocycles. The maximum atomic E-state index is 3.52. The number of rotatable bonds is 7. The molecule has 1 aliphatic rings. The van der Waals surface area contributed by atoms with Gasteiger partial charge in [-0.25, -0.2) is 0 Å². The lowest BCUT2D eigenvalue weighted by molar-refractivity contribution is 0.0617. The van der Waals surface area contributed by atoms with Gasteiger partial charge in [0.25, 0.3) is 0 Å². The maximum absolute atomic E-state index is 3.52. The SMILES string of the molecule is CC(C)CNCCCCN1CCN(C(C)(C)C)CC1. The zero-order chi connectivity index (χ0) is 14.3. The van der Waals surface area contributed by atoms with Crippen LogP contribution in [-0.2, 0) is 0 Å². The Morgan fingerprint density at radius 3 is 2.16 bits per heavy atom. The average Bonchev–Trinajstić information content (AvgIpc) is 2.32. The topological polar surface area (TPSA) is 18.5 Å². The number of nitrogens with zero attached hydrogens (tertiary/aromatic N) is 2. The van der Waals surface area contributed by atoms with Crippen LogP contribution in [0.4, 0.5) is 0 Å². The third-order valence-corrected chi connectivity index (χ3v) is 3.95. The molecule has 3 nitrogen and oxygen atoms in total. The lowest BCUT2D eigenvalue weighted by atomic mass is 10.0. The van der Waals surface area contributed by atoms with Crippen LogP contribution in [0.25, 0.3) is 0 Å². The Hall–Kier alpha value is -0.120. The molecule has 3 heteroatoms. The number of piperazine rings is 1. The van der Waals surface area contributed by atoms with Crippen molar-refractivity contribution in [1.82, 2.24) is 15.1 Å². The van der Waals surface area contributed by atoms with E-state index in [1.54, 1.807) is 0 Å². The van der Waals surface area contributed by atoms with Crippen molar-refractivity contribution in [2.75, 3.05) is 45.8 Å². The summed E-state index contributed by atoms with van der Waals surface area (Å²) in [6, 6.07) is 0. The summed E-state index contributed by atoms with van der Waals surface area (Å²) in [7, 11) is 0. The Labute approximate surface area is 120 Å². The van der Waals surface area contributed by atoms with Gasteiger partial charge >= 0.3 is 0 Å². The molecule has 0 saturated carbocycles. The van der Waals surface area contributed by atoms with Crippen molar-refractivity contribution in [2.45, 2.75) is 53.0 Å². The van der Waals surface area contributed by atoms with Crippen molar-refractivity contribution in [2.24, 2.45) is 5.92 Å². The smallest absolute Gasteiger partial charge is 0.0126 e. The van der Waals surface area contributed by atoms with Gasteiger partial charge in [-0.15, -0.1) is 0 Å². The van der Waals surface area contributed by atoms with E-state index < -0.39 is 0 Å². The molecule has 0 aromatic carbocycles. The number of nitrogens with one attached hydrogen (secondary N) is 1. The first kappa shape index (κ1) is 16.9. The second-order valence-electron chi connectivity index (χ2n) is 7.30. The highest BCUT2D eigenvalue weighted by Crippen LogP contribution is 2.15. The Morgan fingerprint density at radius 2 is 1.63 bits per heavy atom. The molecule has 19 heavy (non-hydrogen) atoms. The van der Waals surface area contributed by atoms with Crippen LogP contribution < -0.4 is 5.32 Å². The summed E-state index contributed by atoms with van der Waals surface area (Å²) in [4.78, 5) is 5.23. The zero-order valence-corrected chi connectivity index (χ0v) is 13.8. The number of hydrogen-bond acceptors (Lipinski definition) is 3. The molecule has 0 amide bonds. The second-order valence-corrected chi connectivity index (χ2v) is 7.30. The first-order chi connectivity index (χ1) is 8.89. The van der Waals surface area contributed by atoms with Gasteiger partial charge in [0.1, 0.15) is 0 Å². The van der Waals surface area contributed by atoms with Crippen LogP contribution in [0.15, 0.2) is 0 Å². The van der Waals surface area contributed by atoms with Crippen LogP contribution in [0.5, 0.6) is 0 Å². The highest BCUT2D eigenvalue weighted by molar-refractivity contribution is 4.81. The van der Waals surface area contributed by atoms with Crippen molar-refractivity contribution in [3.63, 3.8) is 0 Å². The fraction of sp³-hybridized carbons (Fsp3) is 1.00. The van der Waals surface area contributed by atoms with Crippen molar-refractivity contribution in [3.05, 3.63) is 0 Å². The fourth-order valence-electron chi connectivity index (χ4n) is 2.62. The van der Waals surface area contributed by atoms with Gasteiger partial charge in [-0.05, 0) is 59.2 Å². The molecule has 1 N–H and O–H groups in total. The normalized spacial score (nSPS) is 19.3. The minimum Gasteiger partial charge on any atom is -0.316 e. The van der Waals surface area contributed by atoms with E-state index >= 15 is 0 Å². The fourth-order valence-corrected chi connectivity index (χ4v) is 2.62. The summed E-state index contributed by atoms with van der Waals surface area (Å²) in [5.74, 6) is 0.769. The first-order valence-electron chi connectivity index (χ1n) is 8.07. The van der Waals surface area contributed by atoms with Crippen LogP contribution >= 0.6 is 0 Å². The Morgan fingerprint density at radius 1 is 1.00 bits per heavy atom. The minimum absolute atomic E-state index is 0.340. The second kappa shape index (κ2) is 8.23. The predicted octanol–water partition coefficient (Wildman–Crippen LogP) is 2.43. The van der Waals surface area contributed by atoms with Crippen molar-refractivity contribution in [3.8, 4) is 0 Å². The largest absolute Gasteiger partial charge is 0.316 e. The van der Waals surface area contributed by atoms with Gasteiger partial charge in [0, 0.05) is 31.7 Å². The van der Waals surface area contributed by atoms with Gasteiger partial charge in [0.05, 0.1) is 0 Å². The van der Waals surface area contributed by atoms with Crippen LogP contribution in [-0.4, -0.2) is 61.2 Å². The predicted molar refractivity (Wildman–Crippen MR) is 84.7 cm³/mol. The van der Waals surface area contributed by atoms with E-state index in [1.165, 1.54) is 52.1 Å². The highest BCUT2D eigenvalue weighted by Gasteiger charge is 2.25. The van der Waals surface area contributed by atoms with E-state index in [1.807, 2.05) is 0 Å². The summed E-state index contributed by atoms with van der Waals surface area (Å²) in [6.45, 7) is 20.1. The van der Waals surface area contributed by atoms with E-state index in [0.717, 1.165) is 12.5 Å². The number of unbranched alkanes of at least 4 members (excludes halogenated alkanes) is 1. The highest BCUT2D eigenvalue weighted by atomic mass is 15.3. The van der Waals surface area contributed by atoms with Gasteiger partial charge in [0.15, 0.2) is 0 Å². The lowest BCUT2D eigenvalue weighted by Crippen LogP contribution is -2.53. The van der Waals surface area contributed by atoms with Gasteiger partial charge in [-0.2, -0.15) is 0 Å². The molecule has 0 radical (unpaired) electrons. The zero-order valence-electron chi connectivity index (χ0n) is 13.8. The maximum Gasteiger partial charge on any atom is 0.0126 e. The molecule has 1 rings (SSSR count). The van der Waals surface area contributed by atoms with Gasteiger partial charge in [-0.1, -0.05) is 13.8 Å². The lowest BCUT2D eigenvalue weighted by Gasteiger charge is -2.42. The summed E-state index contributed by atoms with van der Waals surface area (Å²) < 4.78 is 0. The Balaban J connectivity index is 2.01. The van der Waals surface area contributed by atoms with Gasteiger partial charge in [-0.3, -0.25) is 4.90 Å². The minimum atomic E-state index is 0.340. The molecule has 0 aliphatic carbocycles. The Kier molecular flexibility index (Phi) is 7.33. The molecule has 1 aliphatic heterocycles. The molecule has 1 heterocycles. The van der Waals surface area contributed by atoms with E-state index in [-0.39, 0.29) is 0 Å². The third-order valence-electron chi connectivity index (χ3n) is 3.95. The Bertz CT molecular complexity index is 225. The van der Waals surface area contributed by atoms with Gasteiger partial charge < -0.3 is 10.2 Å².